The monoisotopic (exact) mass is 265 g/mol. The summed E-state index contributed by atoms with van der Waals surface area (Å²) in [5.74, 6) is 1.11. The highest BCUT2D eigenvalue weighted by atomic mass is 16.3. The summed E-state index contributed by atoms with van der Waals surface area (Å²) >= 11 is 0. The van der Waals surface area contributed by atoms with Crippen LogP contribution in [0.1, 0.15) is 44.3 Å². The van der Waals surface area contributed by atoms with Crippen LogP contribution in [0.5, 0.6) is 0 Å². The number of hydrogen-bond acceptors (Lipinski definition) is 3. The summed E-state index contributed by atoms with van der Waals surface area (Å²) in [5.41, 5.74) is 0. The molecular formula is C15H27N3O. The minimum Gasteiger partial charge on any atom is -0.396 e. The fourth-order valence-electron chi connectivity index (χ4n) is 3.07. The number of rotatable bonds is 7. The lowest BCUT2D eigenvalue weighted by atomic mass is 9.99. The minimum atomic E-state index is 0.329. The van der Waals surface area contributed by atoms with Crippen molar-refractivity contribution >= 4 is 0 Å². The van der Waals surface area contributed by atoms with Crippen LogP contribution < -0.4 is 0 Å². The van der Waals surface area contributed by atoms with Crippen LogP contribution in [0.3, 0.4) is 0 Å². The van der Waals surface area contributed by atoms with Gasteiger partial charge >= 0.3 is 0 Å². The number of likely N-dealkylation sites (tertiary alicyclic amines) is 1. The van der Waals surface area contributed by atoms with E-state index < -0.39 is 0 Å². The second-order valence-electron chi connectivity index (χ2n) is 5.57. The zero-order valence-corrected chi connectivity index (χ0v) is 12.1. The summed E-state index contributed by atoms with van der Waals surface area (Å²) in [6, 6.07) is 0.619. The Morgan fingerprint density at radius 1 is 1.32 bits per heavy atom. The molecule has 1 aliphatic heterocycles. The van der Waals surface area contributed by atoms with Crippen LogP contribution in [-0.2, 0) is 6.54 Å². The third-order valence-electron chi connectivity index (χ3n) is 4.23. The van der Waals surface area contributed by atoms with E-state index in [9.17, 15) is 0 Å². The second-order valence-corrected chi connectivity index (χ2v) is 5.57. The van der Waals surface area contributed by atoms with E-state index in [0.29, 0.717) is 12.6 Å². The van der Waals surface area contributed by atoms with Gasteiger partial charge < -0.3 is 14.6 Å². The van der Waals surface area contributed by atoms with Gasteiger partial charge in [-0.1, -0.05) is 6.42 Å². The third-order valence-corrected chi connectivity index (χ3v) is 4.23. The van der Waals surface area contributed by atoms with E-state index in [4.69, 9.17) is 5.11 Å². The summed E-state index contributed by atoms with van der Waals surface area (Å²) in [6.45, 7) is 5.86. The standard InChI is InChI=1S/C15H27N3O/c1-14-16-8-12-17(14)9-4-5-11-18-10-3-2-6-15(18)7-13-19/h8,12,15,19H,2-7,9-11,13H2,1H3. The maximum Gasteiger partial charge on any atom is 0.105 e. The van der Waals surface area contributed by atoms with E-state index in [-0.39, 0.29) is 0 Å². The molecule has 0 radical (unpaired) electrons. The van der Waals surface area contributed by atoms with E-state index in [1.165, 1.54) is 45.2 Å². The second kappa shape index (κ2) is 7.65. The number of imidazole rings is 1. The summed E-state index contributed by atoms with van der Waals surface area (Å²) in [4.78, 5) is 6.83. The van der Waals surface area contributed by atoms with Crippen LogP contribution in [0.4, 0.5) is 0 Å². The van der Waals surface area contributed by atoms with Gasteiger partial charge in [0.25, 0.3) is 0 Å². The van der Waals surface area contributed by atoms with Crippen LogP contribution in [-0.4, -0.2) is 45.3 Å². The van der Waals surface area contributed by atoms with E-state index in [2.05, 4.69) is 27.6 Å². The van der Waals surface area contributed by atoms with Crippen LogP contribution >= 0.6 is 0 Å². The van der Waals surface area contributed by atoms with Gasteiger partial charge in [-0.15, -0.1) is 0 Å². The topological polar surface area (TPSA) is 41.3 Å². The van der Waals surface area contributed by atoms with Gasteiger partial charge in [0, 0.05) is 31.6 Å². The number of aromatic nitrogens is 2. The van der Waals surface area contributed by atoms with Gasteiger partial charge in [-0.2, -0.15) is 0 Å². The van der Waals surface area contributed by atoms with E-state index in [0.717, 1.165) is 18.8 Å². The molecule has 4 heteroatoms. The molecule has 1 aromatic rings. The number of piperidine rings is 1. The SMILES string of the molecule is Cc1nccn1CCCCN1CCCCC1CCO. The molecule has 0 aromatic carbocycles. The van der Waals surface area contributed by atoms with E-state index in [1.54, 1.807) is 0 Å². The van der Waals surface area contributed by atoms with Gasteiger partial charge in [-0.3, -0.25) is 0 Å². The molecule has 1 saturated heterocycles. The van der Waals surface area contributed by atoms with Crippen LogP contribution in [0.15, 0.2) is 12.4 Å². The molecule has 0 saturated carbocycles. The molecule has 0 spiro atoms. The average molecular weight is 265 g/mol. The molecule has 4 nitrogen and oxygen atoms in total. The van der Waals surface area contributed by atoms with Crippen LogP contribution in [0.25, 0.3) is 0 Å². The predicted octanol–water partition coefficient (Wildman–Crippen LogP) is 2.21. The molecule has 1 atom stereocenters. The lowest BCUT2D eigenvalue weighted by Gasteiger charge is -2.35. The summed E-state index contributed by atoms with van der Waals surface area (Å²) in [7, 11) is 0. The van der Waals surface area contributed by atoms with Crippen molar-refractivity contribution in [2.24, 2.45) is 0 Å². The highest BCUT2D eigenvalue weighted by Gasteiger charge is 2.20. The van der Waals surface area contributed by atoms with Gasteiger partial charge in [0.2, 0.25) is 0 Å². The van der Waals surface area contributed by atoms with Crippen molar-refractivity contribution in [1.82, 2.24) is 14.5 Å². The Morgan fingerprint density at radius 3 is 2.89 bits per heavy atom. The molecule has 2 heterocycles. The number of nitrogens with zero attached hydrogens (tertiary/aromatic N) is 3. The smallest absolute Gasteiger partial charge is 0.105 e. The molecular weight excluding hydrogens is 238 g/mol. The lowest BCUT2D eigenvalue weighted by molar-refractivity contribution is 0.117. The molecule has 1 fully saturated rings. The van der Waals surface area contributed by atoms with E-state index in [1.807, 2.05) is 6.20 Å². The number of unbranched alkanes of at least 4 members (excludes halogenated alkanes) is 1. The van der Waals surface area contributed by atoms with Crippen molar-refractivity contribution in [1.29, 1.82) is 0 Å². The van der Waals surface area contributed by atoms with Crippen molar-refractivity contribution < 1.29 is 5.11 Å². The van der Waals surface area contributed by atoms with Gasteiger partial charge in [-0.25, -0.2) is 4.98 Å². The number of aliphatic hydroxyl groups excluding tert-OH is 1. The normalized spacial score (nSPS) is 20.8. The van der Waals surface area contributed by atoms with E-state index >= 15 is 0 Å². The maximum atomic E-state index is 9.13. The zero-order valence-electron chi connectivity index (χ0n) is 12.1. The fraction of sp³-hybridized carbons (Fsp3) is 0.800. The van der Waals surface area contributed by atoms with Crippen LogP contribution in [0.2, 0.25) is 0 Å². The van der Waals surface area contributed by atoms with Crippen molar-refractivity contribution in [3.05, 3.63) is 18.2 Å². The first-order valence-corrected chi connectivity index (χ1v) is 7.64. The molecule has 1 N–H and O–H groups in total. The third kappa shape index (κ3) is 4.32. The molecule has 1 unspecified atom stereocenters. The van der Waals surface area contributed by atoms with Gasteiger partial charge in [0.1, 0.15) is 5.82 Å². The number of aliphatic hydroxyl groups is 1. The largest absolute Gasteiger partial charge is 0.396 e. The van der Waals surface area contributed by atoms with Crippen molar-refractivity contribution in [2.75, 3.05) is 19.7 Å². The first-order valence-electron chi connectivity index (χ1n) is 7.64. The molecule has 0 bridgehead atoms. The van der Waals surface area contributed by atoms with Gasteiger partial charge in [0.15, 0.2) is 0 Å². The average Bonchev–Trinajstić information content (AvgIpc) is 2.82. The summed E-state index contributed by atoms with van der Waals surface area (Å²) < 4.78 is 2.22. The molecule has 2 rings (SSSR count). The van der Waals surface area contributed by atoms with Gasteiger partial charge in [-0.05, 0) is 52.1 Å². The minimum absolute atomic E-state index is 0.329. The number of hydrogen-bond donors (Lipinski definition) is 1. The molecule has 0 amide bonds. The highest BCUT2D eigenvalue weighted by Crippen LogP contribution is 2.19. The lowest BCUT2D eigenvalue weighted by Crippen LogP contribution is -2.40. The molecule has 19 heavy (non-hydrogen) atoms. The Labute approximate surface area is 116 Å². The van der Waals surface area contributed by atoms with Crippen molar-refractivity contribution in [2.45, 2.75) is 58.0 Å². The predicted molar refractivity (Wildman–Crippen MR) is 77.1 cm³/mol. The highest BCUT2D eigenvalue weighted by molar-refractivity contribution is 4.88. The quantitative estimate of drug-likeness (QED) is 0.769. The zero-order chi connectivity index (χ0) is 13.5. The first-order chi connectivity index (χ1) is 9.31. The first kappa shape index (κ1) is 14.5. The van der Waals surface area contributed by atoms with Crippen LogP contribution in [0, 0.1) is 6.92 Å². The maximum absolute atomic E-state index is 9.13. The molecule has 1 aromatic heterocycles. The molecule has 0 aliphatic carbocycles. The fourth-order valence-corrected chi connectivity index (χ4v) is 3.07. The summed E-state index contributed by atoms with van der Waals surface area (Å²) in [6.07, 6.45) is 11.2. The van der Waals surface area contributed by atoms with Gasteiger partial charge in [0.05, 0.1) is 0 Å². The molecule has 1 aliphatic rings. The number of aryl methyl sites for hydroxylation is 2. The Morgan fingerprint density at radius 2 is 2.16 bits per heavy atom. The Hall–Kier alpha value is -0.870. The Kier molecular flexibility index (Phi) is 5.86. The van der Waals surface area contributed by atoms with Crippen molar-refractivity contribution in [3.8, 4) is 0 Å². The summed E-state index contributed by atoms with van der Waals surface area (Å²) in [5, 5.41) is 9.13. The molecule has 108 valence electrons. The van der Waals surface area contributed by atoms with Crippen molar-refractivity contribution in [3.63, 3.8) is 0 Å². The Balaban J connectivity index is 1.67. The Bertz CT molecular complexity index is 362.